The Morgan fingerprint density at radius 2 is 2.12 bits per heavy atom. The van der Waals surface area contributed by atoms with E-state index in [1.165, 1.54) is 41.0 Å². The molecule has 0 bridgehead atoms. The number of nitrogens with zero attached hydrogens (tertiary/aromatic N) is 2. The second-order valence-electron chi connectivity index (χ2n) is 5.18. The topological polar surface area (TPSA) is 63.5 Å². The maximum atomic E-state index is 13.8. The maximum absolute atomic E-state index is 13.8. The fourth-order valence-electron chi connectivity index (χ4n) is 2.47. The van der Waals surface area contributed by atoms with E-state index in [2.05, 4.69) is 10.3 Å². The molecule has 2 aromatic heterocycles. The van der Waals surface area contributed by atoms with Crippen LogP contribution in [-0.2, 0) is 6.42 Å². The zero-order valence-corrected chi connectivity index (χ0v) is 13.7. The number of carbonyl (C=O) groups is 1. The lowest BCUT2D eigenvalue weighted by molar-refractivity contribution is 0.0956. The molecule has 0 aliphatic heterocycles. The van der Waals surface area contributed by atoms with E-state index in [-0.39, 0.29) is 23.6 Å². The first-order valence-electron chi connectivity index (χ1n) is 7.09. The minimum Gasteiger partial charge on any atom is -0.354 e. The van der Waals surface area contributed by atoms with E-state index in [4.69, 9.17) is 0 Å². The Kier molecular flexibility index (Phi) is 4.15. The Balaban J connectivity index is 2.11. The molecule has 24 heavy (non-hydrogen) atoms. The summed E-state index contributed by atoms with van der Waals surface area (Å²) in [7, 11) is 1.48. The minimum absolute atomic E-state index is 0.0123. The molecule has 0 aliphatic carbocycles. The van der Waals surface area contributed by atoms with Gasteiger partial charge in [0, 0.05) is 24.4 Å². The monoisotopic (exact) mass is 349 g/mol. The normalized spacial score (nSPS) is 11.0. The Labute approximate surface area is 139 Å². The van der Waals surface area contributed by atoms with E-state index < -0.39 is 17.2 Å². The van der Waals surface area contributed by atoms with Crippen LogP contribution in [0.25, 0.3) is 4.96 Å². The molecule has 0 atom stereocenters. The van der Waals surface area contributed by atoms with E-state index in [0.29, 0.717) is 15.5 Å². The van der Waals surface area contributed by atoms with Gasteiger partial charge < -0.3 is 5.32 Å². The fourth-order valence-corrected chi connectivity index (χ4v) is 3.46. The highest BCUT2D eigenvalue weighted by molar-refractivity contribution is 7.17. The van der Waals surface area contributed by atoms with Crippen molar-refractivity contribution in [3.8, 4) is 0 Å². The molecule has 0 saturated heterocycles. The molecule has 0 fully saturated rings. The van der Waals surface area contributed by atoms with Crippen LogP contribution in [0.2, 0.25) is 0 Å². The van der Waals surface area contributed by atoms with Crippen molar-refractivity contribution in [2.24, 2.45) is 0 Å². The smallest absolute Gasteiger partial charge is 0.269 e. The van der Waals surface area contributed by atoms with Crippen molar-refractivity contribution in [2.75, 3.05) is 7.05 Å². The largest absolute Gasteiger partial charge is 0.354 e. The summed E-state index contributed by atoms with van der Waals surface area (Å²) in [6.45, 7) is 1.72. The number of carbonyl (C=O) groups excluding carboxylic acids is 1. The highest BCUT2D eigenvalue weighted by Gasteiger charge is 2.19. The van der Waals surface area contributed by atoms with Crippen molar-refractivity contribution in [1.82, 2.24) is 14.7 Å². The third kappa shape index (κ3) is 2.69. The Bertz CT molecular complexity index is 1010. The van der Waals surface area contributed by atoms with Crippen LogP contribution in [0.3, 0.4) is 0 Å². The molecule has 0 spiro atoms. The molecule has 0 saturated carbocycles. The zero-order chi connectivity index (χ0) is 17.4. The van der Waals surface area contributed by atoms with Crippen molar-refractivity contribution in [3.05, 3.63) is 68.1 Å². The second-order valence-corrected chi connectivity index (χ2v) is 6.36. The molecule has 1 N–H and O–H groups in total. The first-order chi connectivity index (χ1) is 11.4. The average Bonchev–Trinajstić information content (AvgIpc) is 2.87. The number of halogens is 2. The van der Waals surface area contributed by atoms with Crippen molar-refractivity contribution in [3.63, 3.8) is 0 Å². The Morgan fingerprint density at radius 1 is 1.38 bits per heavy atom. The average molecular weight is 349 g/mol. The number of thiazole rings is 1. The maximum Gasteiger partial charge on any atom is 0.269 e. The number of hydrogen-bond donors (Lipinski definition) is 1. The number of aromatic nitrogens is 2. The molecule has 0 radical (unpaired) electrons. The first kappa shape index (κ1) is 16.3. The molecule has 3 rings (SSSR count). The second kappa shape index (κ2) is 6.12. The van der Waals surface area contributed by atoms with E-state index >= 15 is 0 Å². The molecular weight excluding hydrogens is 336 g/mol. The summed E-state index contributed by atoms with van der Waals surface area (Å²) in [5.41, 5.74) is 0.230. The molecule has 5 nitrogen and oxygen atoms in total. The van der Waals surface area contributed by atoms with Gasteiger partial charge in [0.05, 0.1) is 5.69 Å². The summed E-state index contributed by atoms with van der Waals surface area (Å²) in [6, 6.07) is 5.11. The number of fused-ring (bicyclic) bond motifs is 1. The molecule has 1 aromatic carbocycles. The molecule has 0 aliphatic rings. The summed E-state index contributed by atoms with van der Waals surface area (Å²) in [4.78, 5) is 29.6. The van der Waals surface area contributed by atoms with Crippen LogP contribution in [0.1, 0.15) is 26.6 Å². The van der Waals surface area contributed by atoms with Crippen LogP contribution in [0.15, 0.2) is 29.1 Å². The summed E-state index contributed by atoms with van der Waals surface area (Å²) in [5.74, 6) is -2.28. The zero-order valence-electron chi connectivity index (χ0n) is 12.9. The summed E-state index contributed by atoms with van der Waals surface area (Å²) < 4.78 is 28.3. The van der Waals surface area contributed by atoms with E-state index in [1.807, 2.05) is 0 Å². The van der Waals surface area contributed by atoms with Crippen molar-refractivity contribution < 1.29 is 13.6 Å². The van der Waals surface area contributed by atoms with Crippen LogP contribution in [0.5, 0.6) is 0 Å². The Morgan fingerprint density at radius 3 is 2.83 bits per heavy atom. The van der Waals surface area contributed by atoms with E-state index in [9.17, 15) is 18.4 Å². The van der Waals surface area contributed by atoms with Gasteiger partial charge >= 0.3 is 0 Å². The summed E-state index contributed by atoms with van der Waals surface area (Å²) in [5, 5.41) is 2.48. The van der Waals surface area contributed by atoms with E-state index in [0.717, 1.165) is 6.07 Å². The van der Waals surface area contributed by atoms with Gasteiger partial charge in [0.1, 0.15) is 5.69 Å². The molecule has 124 valence electrons. The first-order valence-corrected chi connectivity index (χ1v) is 7.91. The lowest BCUT2D eigenvalue weighted by Gasteiger charge is -2.05. The summed E-state index contributed by atoms with van der Waals surface area (Å²) >= 11 is 1.19. The van der Waals surface area contributed by atoms with Gasteiger partial charge in [0.2, 0.25) is 0 Å². The lowest BCUT2D eigenvalue weighted by Crippen LogP contribution is -2.25. The molecule has 2 heterocycles. The van der Waals surface area contributed by atoms with E-state index in [1.54, 1.807) is 6.92 Å². The van der Waals surface area contributed by atoms with Crippen LogP contribution < -0.4 is 10.9 Å². The standard InChI is InChI=1S/C16H13F2N3O2S/c1-8-14(15(23)19-2)21-12(22)7-10(20-16(21)24-8)6-9-4-3-5-11(17)13(9)18/h3-5,7H,6H2,1-2H3,(H,19,23). The van der Waals surface area contributed by atoms with Crippen LogP contribution in [-0.4, -0.2) is 22.3 Å². The third-order valence-corrected chi connectivity index (χ3v) is 4.54. The van der Waals surface area contributed by atoms with Crippen LogP contribution in [0, 0.1) is 18.6 Å². The van der Waals surface area contributed by atoms with Crippen LogP contribution >= 0.6 is 11.3 Å². The van der Waals surface area contributed by atoms with Gasteiger partial charge in [-0.2, -0.15) is 0 Å². The number of nitrogens with one attached hydrogen (secondary N) is 1. The van der Waals surface area contributed by atoms with Gasteiger partial charge in [0.15, 0.2) is 16.6 Å². The molecule has 0 unspecified atom stereocenters. The van der Waals surface area contributed by atoms with Crippen molar-refractivity contribution >= 4 is 22.2 Å². The molecule has 8 heteroatoms. The quantitative estimate of drug-likeness (QED) is 0.789. The summed E-state index contributed by atoms with van der Waals surface area (Å²) in [6.07, 6.45) is -0.0123. The SMILES string of the molecule is CNC(=O)c1c(C)sc2nc(Cc3cccc(F)c3F)cc(=O)n12. The number of amides is 1. The van der Waals surface area contributed by atoms with Gasteiger partial charge in [0.25, 0.3) is 11.5 Å². The number of rotatable bonds is 3. The predicted molar refractivity (Wildman–Crippen MR) is 86.6 cm³/mol. The molecule has 1 amide bonds. The lowest BCUT2D eigenvalue weighted by atomic mass is 10.1. The molecule has 3 aromatic rings. The molecular formula is C16H13F2N3O2S. The highest BCUT2D eigenvalue weighted by atomic mass is 32.1. The van der Waals surface area contributed by atoms with Crippen LogP contribution in [0.4, 0.5) is 8.78 Å². The fraction of sp³-hybridized carbons (Fsp3) is 0.188. The number of hydrogen-bond acceptors (Lipinski definition) is 4. The van der Waals surface area contributed by atoms with Gasteiger partial charge in [-0.05, 0) is 18.6 Å². The van der Waals surface area contributed by atoms with Gasteiger partial charge in [-0.15, -0.1) is 11.3 Å². The number of benzene rings is 1. The van der Waals surface area contributed by atoms with Gasteiger partial charge in [-0.1, -0.05) is 12.1 Å². The Hall–Kier alpha value is -2.61. The third-order valence-electron chi connectivity index (χ3n) is 3.59. The van der Waals surface area contributed by atoms with Crippen molar-refractivity contribution in [2.45, 2.75) is 13.3 Å². The van der Waals surface area contributed by atoms with Gasteiger partial charge in [-0.3, -0.25) is 9.59 Å². The predicted octanol–water partition coefficient (Wildman–Crippen LogP) is 2.29. The van der Waals surface area contributed by atoms with Gasteiger partial charge in [-0.25, -0.2) is 18.2 Å². The van der Waals surface area contributed by atoms with Crippen molar-refractivity contribution in [1.29, 1.82) is 0 Å². The highest BCUT2D eigenvalue weighted by Crippen LogP contribution is 2.21. The minimum atomic E-state index is -0.951. The number of aryl methyl sites for hydroxylation is 1.